The van der Waals surface area contributed by atoms with Gasteiger partial charge in [-0.05, 0) is 50.3 Å². The second kappa shape index (κ2) is 8.01. The van der Waals surface area contributed by atoms with Crippen molar-refractivity contribution in [2.24, 2.45) is 7.05 Å². The number of fused-ring (bicyclic) bond motifs is 1. The van der Waals surface area contributed by atoms with Gasteiger partial charge in [0.25, 0.3) is 0 Å². The Balaban J connectivity index is 1.54. The molecule has 0 radical (unpaired) electrons. The zero-order chi connectivity index (χ0) is 19.5. The largest absolute Gasteiger partial charge is 0.346 e. The first-order chi connectivity index (χ1) is 13.7. The van der Waals surface area contributed by atoms with Gasteiger partial charge in [-0.15, -0.1) is 0 Å². The quantitative estimate of drug-likeness (QED) is 0.472. The van der Waals surface area contributed by atoms with Gasteiger partial charge in [-0.25, -0.2) is 9.97 Å². The Kier molecular flexibility index (Phi) is 5.29. The zero-order valence-electron chi connectivity index (χ0n) is 17.0. The molecule has 0 amide bonds. The Morgan fingerprint density at radius 1 is 0.929 bits per heavy atom. The van der Waals surface area contributed by atoms with Crippen LogP contribution in [0.2, 0.25) is 0 Å². The van der Waals surface area contributed by atoms with Crippen LogP contribution in [-0.4, -0.2) is 19.5 Å². The van der Waals surface area contributed by atoms with E-state index in [1.807, 2.05) is 6.07 Å². The van der Waals surface area contributed by atoms with Crippen LogP contribution in [-0.2, 0) is 26.3 Å². The summed E-state index contributed by atoms with van der Waals surface area (Å²) in [4.78, 5) is 13.1. The summed E-state index contributed by atoms with van der Waals surface area (Å²) < 4.78 is 2.20. The molecule has 0 saturated heterocycles. The molecule has 0 aliphatic rings. The molecule has 0 bridgehead atoms. The molecule has 4 rings (SSSR count). The van der Waals surface area contributed by atoms with Gasteiger partial charge in [-0.1, -0.05) is 43.3 Å². The van der Waals surface area contributed by atoms with Crippen LogP contribution in [0.3, 0.4) is 0 Å². The molecular weight excluding hydrogens is 344 g/mol. The van der Waals surface area contributed by atoms with E-state index < -0.39 is 0 Å². The number of benzene rings is 2. The molecule has 0 saturated carbocycles. The summed E-state index contributed by atoms with van der Waals surface area (Å²) in [7, 11) is 2.10. The topological polar surface area (TPSA) is 46.5 Å². The Labute approximate surface area is 166 Å². The number of imidazole rings is 2. The predicted octanol–water partition coefficient (Wildman–Crippen LogP) is 5.40. The van der Waals surface area contributed by atoms with E-state index in [-0.39, 0.29) is 0 Å². The van der Waals surface area contributed by atoms with E-state index in [4.69, 9.17) is 9.97 Å². The first-order valence-electron chi connectivity index (χ1n) is 10.2. The van der Waals surface area contributed by atoms with Gasteiger partial charge in [-0.3, -0.25) is 0 Å². The molecule has 1 N–H and O–H groups in total. The normalized spacial score (nSPS) is 11.4. The predicted molar refractivity (Wildman–Crippen MR) is 115 cm³/mol. The van der Waals surface area contributed by atoms with Crippen molar-refractivity contribution in [3.05, 3.63) is 71.3 Å². The highest BCUT2D eigenvalue weighted by atomic mass is 15.1. The molecule has 4 aromatic rings. The smallest absolute Gasteiger partial charge is 0.141 e. The standard InChI is InChI=1S/C24H28N4/c1-4-10-23-25-17(2)20(26-23)15-9-12-18-11-5-6-13-19(18)24-27-21-14-7-8-16-22(21)28(24)3/h5-8,11,13-14,16H,4,9-10,12,15H2,1-3H3,(H,25,26). The highest BCUT2D eigenvalue weighted by Crippen LogP contribution is 2.27. The van der Waals surface area contributed by atoms with Crippen LogP contribution >= 0.6 is 0 Å². The minimum atomic E-state index is 1.00. The minimum Gasteiger partial charge on any atom is -0.346 e. The van der Waals surface area contributed by atoms with Gasteiger partial charge in [0.05, 0.1) is 16.7 Å². The lowest BCUT2D eigenvalue weighted by atomic mass is 10.0. The number of rotatable bonds is 7. The van der Waals surface area contributed by atoms with Crippen molar-refractivity contribution < 1.29 is 0 Å². The van der Waals surface area contributed by atoms with Crippen molar-refractivity contribution >= 4 is 11.0 Å². The fraction of sp³-hybridized carbons (Fsp3) is 0.333. The molecule has 0 atom stereocenters. The van der Waals surface area contributed by atoms with E-state index in [2.05, 4.69) is 72.9 Å². The van der Waals surface area contributed by atoms with E-state index in [0.717, 1.165) is 49.3 Å². The lowest BCUT2D eigenvalue weighted by Gasteiger charge is -2.09. The monoisotopic (exact) mass is 372 g/mol. The highest BCUT2D eigenvalue weighted by Gasteiger charge is 2.13. The number of aryl methyl sites for hydroxylation is 5. The van der Waals surface area contributed by atoms with Crippen LogP contribution in [0.1, 0.15) is 42.5 Å². The van der Waals surface area contributed by atoms with Crippen molar-refractivity contribution in [2.75, 3.05) is 0 Å². The molecule has 28 heavy (non-hydrogen) atoms. The van der Waals surface area contributed by atoms with E-state index in [1.54, 1.807) is 0 Å². The molecule has 4 heteroatoms. The van der Waals surface area contributed by atoms with Gasteiger partial charge in [0, 0.05) is 24.7 Å². The summed E-state index contributed by atoms with van der Waals surface area (Å²) in [5.41, 5.74) is 7.22. The van der Waals surface area contributed by atoms with Crippen LogP contribution in [0.15, 0.2) is 48.5 Å². The van der Waals surface area contributed by atoms with Gasteiger partial charge in [0.1, 0.15) is 11.6 Å². The van der Waals surface area contributed by atoms with Gasteiger partial charge in [-0.2, -0.15) is 0 Å². The third kappa shape index (κ3) is 3.59. The maximum absolute atomic E-state index is 4.89. The number of para-hydroxylation sites is 2. The number of hydrogen-bond acceptors (Lipinski definition) is 2. The van der Waals surface area contributed by atoms with Crippen molar-refractivity contribution in [2.45, 2.75) is 46.0 Å². The maximum Gasteiger partial charge on any atom is 0.141 e. The van der Waals surface area contributed by atoms with E-state index in [9.17, 15) is 0 Å². The Morgan fingerprint density at radius 2 is 1.71 bits per heavy atom. The fourth-order valence-corrected chi connectivity index (χ4v) is 3.95. The Hall–Kier alpha value is -2.88. The molecule has 2 aromatic carbocycles. The summed E-state index contributed by atoms with van der Waals surface area (Å²) in [5.74, 6) is 2.16. The van der Waals surface area contributed by atoms with Gasteiger partial charge in [0.2, 0.25) is 0 Å². The molecule has 2 heterocycles. The lowest BCUT2D eigenvalue weighted by molar-refractivity contribution is 0.790. The summed E-state index contributed by atoms with van der Waals surface area (Å²) in [6.45, 7) is 4.32. The molecule has 4 nitrogen and oxygen atoms in total. The number of aromatic nitrogens is 4. The molecule has 0 aliphatic carbocycles. The van der Waals surface area contributed by atoms with Crippen LogP contribution in [0.4, 0.5) is 0 Å². The number of hydrogen-bond donors (Lipinski definition) is 1. The van der Waals surface area contributed by atoms with Crippen molar-refractivity contribution in [1.82, 2.24) is 19.5 Å². The molecule has 0 fully saturated rings. The molecule has 0 spiro atoms. The van der Waals surface area contributed by atoms with Crippen molar-refractivity contribution in [1.29, 1.82) is 0 Å². The molecule has 2 aromatic heterocycles. The number of H-pyrrole nitrogens is 1. The van der Waals surface area contributed by atoms with E-state index in [1.165, 1.54) is 28.0 Å². The minimum absolute atomic E-state index is 1.00. The molecular formula is C24H28N4. The lowest BCUT2D eigenvalue weighted by Crippen LogP contribution is -1.98. The highest BCUT2D eigenvalue weighted by molar-refractivity contribution is 5.81. The van der Waals surface area contributed by atoms with Crippen molar-refractivity contribution in [3.63, 3.8) is 0 Å². The van der Waals surface area contributed by atoms with Crippen LogP contribution in [0.5, 0.6) is 0 Å². The third-order valence-corrected chi connectivity index (χ3v) is 5.43. The average Bonchev–Trinajstić information content (AvgIpc) is 3.22. The summed E-state index contributed by atoms with van der Waals surface area (Å²) in [6, 6.07) is 17.0. The Bertz CT molecular complexity index is 1090. The third-order valence-electron chi connectivity index (χ3n) is 5.43. The van der Waals surface area contributed by atoms with Gasteiger partial charge in [0.15, 0.2) is 0 Å². The number of nitrogens with zero attached hydrogens (tertiary/aromatic N) is 3. The zero-order valence-corrected chi connectivity index (χ0v) is 17.0. The van der Waals surface area contributed by atoms with E-state index >= 15 is 0 Å². The second-order valence-corrected chi connectivity index (χ2v) is 7.50. The fourth-order valence-electron chi connectivity index (χ4n) is 3.95. The number of aromatic amines is 1. The molecule has 0 unspecified atom stereocenters. The SMILES string of the molecule is CCCc1nc(CCCc2ccccc2-c2nc3ccccc3n2C)c(C)[nH]1. The number of nitrogens with one attached hydrogen (secondary N) is 1. The van der Waals surface area contributed by atoms with Crippen LogP contribution in [0, 0.1) is 6.92 Å². The summed E-state index contributed by atoms with van der Waals surface area (Å²) in [5, 5.41) is 0. The molecule has 0 aliphatic heterocycles. The second-order valence-electron chi connectivity index (χ2n) is 7.50. The van der Waals surface area contributed by atoms with Crippen LogP contribution < -0.4 is 0 Å². The summed E-state index contributed by atoms with van der Waals surface area (Å²) in [6.07, 6.45) is 5.25. The van der Waals surface area contributed by atoms with Crippen LogP contribution in [0.25, 0.3) is 22.4 Å². The summed E-state index contributed by atoms with van der Waals surface area (Å²) >= 11 is 0. The van der Waals surface area contributed by atoms with E-state index in [0.29, 0.717) is 0 Å². The molecule has 144 valence electrons. The first kappa shape index (κ1) is 18.5. The van der Waals surface area contributed by atoms with Gasteiger partial charge < -0.3 is 9.55 Å². The average molecular weight is 373 g/mol. The first-order valence-corrected chi connectivity index (χ1v) is 10.2. The van der Waals surface area contributed by atoms with Gasteiger partial charge >= 0.3 is 0 Å². The van der Waals surface area contributed by atoms with Crippen molar-refractivity contribution in [3.8, 4) is 11.4 Å². The Morgan fingerprint density at radius 3 is 2.54 bits per heavy atom. The maximum atomic E-state index is 4.89.